The minimum absolute atomic E-state index is 0.221. The molecule has 1 aliphatic heterocycles. The van der Waals surface area contributed by atoms with E-state index in [2.05, 4.69) is 25.7 Å². The average Bonchev–Trinajstić information content (AvgIpc) is 2.15. The van der Waals surface area contributed by atoms with Crippen molar-refractivity contribution in [3.8, 4) is 0 Å². The second kappa shape index (κ2) is 5.33. The Morgan fingerprint density at radius 1 is 1.47 bits per heavy atom. The lowest BCUT2D eigenvalue weighted by atomic mass is 9.93. The number of amides is 1. The number of hydrogen-bond acceptors (Lipinski definition) is 4. The predicted molar refractivity (Wildman–Crippen MR) is 67.4 cm³/mol. The van der Waals surface area contributed by atoms with E-state index >= 15 is 0 Å². The Kier molecular flexibility index (Phi) is 4.52. The van der Waals surface area contributed by atoms with Gasteiger partial charge in [-0.05, 0) is 34.1 Å². The molecule has 0 aromatic carbocycles. The summed E-state index contributed by atoms with van der Waals surface area (Å²) >= 11 is 0. The molecule has 4 unspecified atom stereocenters. The Labute approximate surface area is 103 Å². The Morgan fingerprint density at radius 2 is 1.94 bits per heavy atom. The Balaban J connectivity index is 2.58. The Morgan fingerprint density at radius 3 is 2.35 bits per heavy atom. The lowest BCUT2D eigenvalue weighted by Gasteiger charge is -2.40. The van der Waals surface area contributed by atoms with Gasteiger partial charge in [0.15, 0.2) is 0 Å². The van der Waals surface area contributed by atoms with Crippen LogP contribution in [0, 0.1) is 0 Å². The van der Waals surface area contributed by atoms with Crippen molar-refractivity contribution < 1.29 is 9.53 Å². The van der Waals surface area contributed by atoms with Gasteiger partial charge in [0.05, 0.1) is 17.7 Å². The molecule has 5 heteroatoms. The molecule has 1 amide bonds. The quantitative estimate of drug-likeness (QED) is 0.732. The minimum atomic E-state index is -0.940. The van der Waals surface area contributed by atoms with Crippen molar-refractivity contribution in [1.82, 2.24) is 4.90 Å². The normalized spacial score (nSPS) is 31.8. The first-order chi connectivity index (χ1) is 7.72. The number of morpholine rings is 1. The molecule has 100 valence electrons. The van der Waals surface area contributed by atoms with Crippen LogP contribution in [0.15, 0.2) is 0 Å². The smallest absolute Gasteiger partial charge is 0.237 e. The van der Waals surface area contributed by atoms with Crippen LogP contribution in [0.4, 0.5) is 0 Å². The molecule has 0 aromatic heterocycles. The zero-order chi connectivity index (χ0) is 13.2. The zero-order valence-corrected chi connectivity index (χ0v) is 11.3. The van der Waals surface area contributed by atoms with Crippen LogP contribution in [0.3, 0.4) is 0 Å². The van der Waals surface area contributed by atoms with Gasteiger partial charge in [-0.25, -0.2) is 0 Å². The molecule has 0 radical (unpaired) electrons. The minimum Gasteiger partial charge on any atom is -0.373 e. The molecular formula is C12H25N3O2. The van der Waals surface area contributed by atoms with Gasteiger partial charge in [0, 0.05) is 19.1 Å². The molecule has 17 heavy (non-hydrogen) atoms. The third-order valence-electron chi connectivity index (χ3n) is 3.35. The highest BCUT2D eigenvalue weighted by Gasteiger charge is 2.32. The number of nitrogens with two attached hydrogens (primary N) is 2. The van der Waals surface area contributed by atoms with Crippen LogP contribution in [0.5, 0.6) is 0 Å². The fraction of sp³-hybridized carbons (Fsp3) is 0.917. The SMILES string of the molecule is CC1CN(C(C)CC(C)(N)C(N)=O)CC(C)O1. The number of carbonyl (C=O) groups is 1. The Hall–Kier alpha value is -0.650. The maximum Gasteiger partial charge on any atom is 0.237 e. The van der Waals surface area contributed by atoms with E-state index in [-0.39, 0.29) is 18.2 Å². The summed E-state index contributed by atoms with van der Waals surface area (Å²) in [6.07, 6.45) is 1.01. The van der Waals surface area contributed by atoms with Crippen molar-refractivity contribution in [3.05, 3.63) is 0 Å². The lowest BCUT2D eigenvalue weighted by Crippen LogP contribution is -2.56. The van der Waals surface area contributed by atoms with Gasteiger partial charge in [0.2, 0.25) is 5.91 Å². The summed E-state index contributed by atoms with van der Waals surface area (Å²) in [7, 11) is 0. The monoisotopic (exact) mass is 243 g/mol. The van der Waals surface area contributed by atoms with Gasteiger partial charge in [-0.3, -0.25) is 9.69 Å². The van der Waals surface area contributed by atoms with E-state index in [0.29, 0.717) is 6.42 Å². The van der Waals surface area contributed by atoms with Crippen LogP contribution >= 0.6 is 0 Å². The van der Waals surface area contributed by atoms with Gasteiger partial charge in [-0.2, -0.15) is 0 Å². The van der Waals surface area contributed by atoms with Crippen LogP contribution in [-0.4, -0.2) is 47.7 Å². The first kappa shape index (κ1) is 14.4. The van der Waals surface area contributed by atoms with Crippen molar-refractivity contribution in [3.63, 3.8) is 0 Å². The molecule has 1 fully saturated rings. The van der Waals surface area contributed by atoms with Gasteiger partial charge in [-0.15, -0.1) is 0 Å². The Bertz CT molecular complexity index is 271. The van der Waals surface area contributed by atoms with Crippen molar-refractivity contribution in [1.29, 1.82) is 0 Å². The summed E-state index contributed by atoms with van der Waals surface area (Å²) in [5, 5.41) is 0. The van der Waals surface area contributed by atoms with Gasteiger partial charge >= 0.3 is 0 Å². The highest BCUT2D eigenvalue weighted by Crippen LogP contribution is 2.19. The highest BCUT2D eigenvalue weighted by molar-refractivity contribution is 5.83. The van der Waals surface area contributed by atoms with E-state index in [1.165, 1.54) is 0 Å². The lowest BCUT2D eigenvalue weighted by molar-refractivity contribution is -0.124. The number of carbonyl (C=O) groups excluding carboxylic acids is 1. The molecule has 0 spiro atoms. The third kappa shape index (κ3) is 3.94. The first-order valence-electron chi connectivity index (χ1n) is 6.20. The second-order valence-corrected chi connectivity index (χ2v) is 5.55. The van der Waals surface area contributed by atoms with Gasteiger partial charge < -0.3 is 16.2 Å². The van der Waals surface area contributed by atoms with Crippen LogP contribution in [0.2, 0.25) is 0 Å². The van der Waals surface area contributed by atoms with E-state index in [0.717, 1.165) is 13.1 Å². The van der Waals surface area contributed by atoms with Crippen molar-refractivity contribution in [2.75, 3.05) is 13.1 Å². The van der Waals surface area contributed by atoms with Crippen LogP contribution in [-0.2, 0) is 9.53 Å². The number of primary amides is 1. The molecule has 1 aliphatic rings. The van der Waals surface area contributed by atoms with Crippen molar-refractivity contribution in [2.24, 2.45) is 11.5 Å². The van der Waals surface area contributed by atoms with Gasteiger partial charge in [0.1, 0.15) is 0 Å². The molecule has 4 atom stereocenters. The molecule has 0 saturated carbocycles. The fourth-order valence-corrected chi connectivity index (χ4v) is 2.42. The van der Waals surface area contributed by atoms with E-state index in [1.807, 2.05) is 0 Å². The molecule has 5 nitrogen and oxygen atoms in total. The highest BCUT2D eigenvalue weighted by atomic mass is 16.5. The molecule has 1 saturated heterocycles. The van der Waals surface area contributed by atoms with E-state index in [9.17, 15) is 4.79 Å². The molecule has 1 rings (SSSR count). The van der Waals surface area contributed by atoms with E-state index < -0.39 is 11.4 Å². The molecule has 4 N–H and O–H groups in total. The summed E-state index contributed by atoms with van der Waals surface area (Å²) in [4.78, 5) is 13.5. The molecular weight excluding hydrogens is 218 g/mol. The summed E-state index contributed by atoms with van der Waals surface area (Å²) in [5.74, 6) is -0.446. The maximum atomic E-state index is 11.2. The zero-order valence-electron chi connectivity index (χ0n) is 11.3. The van der Waals surface area contributed by atoms with Crippen molar-refractivity contribution >= 4 is 5.91 Å². The number of hydrogen-bond donors (Lipinski definition) is 2. The average molecular weight is 243 g/mol. The molecule has 1 heterocycles. The summed E-state index contributed by atoms with van der Waals surface area (Å²) in [6.45, 7) is 9.65. The first-order valence-corrected chi connectivity index (χ1v) is 6.20. The fourth-order valence-electron chi connectivity index (χ4n) is 2.42. The summed E-state index contributed by atoms with van der Waals surface area (Å²) in [6, 6.07) is 0.228. The molecule has 0 bridgehead atoms. The summed E-state index contributed by atoms with van der Waals surface area (Å²) < 4.78 is 5.68. The van der Waals surface area contributed by atoms with Gasteiger partial charge in [-0.1, -0.05) is 0 Å². The van der Waals surface area contributed by atoms with E-state index in [4.69, 9.17) is 16.2 Å². The third-order valence-corrected chi connectivity index (χ3v) is 3.35. The van der Waals surface area contributed by atoms with Gasteiger partial charge in [0.25, 0.3) is 0 Å². The second-order valence-electron chi connectivity index (χ2n) is 5.55. The largest absolute Gasteiger partial charge is 0.373 e. The van der Waals surface area contributed by atoms with Crippen molar-refractivity contribution in [2.45, 2.75) is 57.9 Å². The summed E-state index contributed by atoms with van der Waals surface area (Å²) in [5.41, 5.74) is 10.3. The number of rotatable bonds is 4. The topological polar surface area (TPSA) is 81.6 Å². The number of nitrogens with zero attached hydrogens (tertiary/aromatic N) is 1. The van der Waals surface area contributed by atoms with Crippen LogP contribution in [0.25, 0.3) is 0 Å². The maximum absolute atomic E-state index is 11.2. The van der Waals surface area contributed by atoms with E-state index in [1.54, 1.807) is 6.92 Å². The standard InChI is InChI=1S/C12H25N3O2/c1-8(5-12(4,14)11(13)16)15-6-9(2)17-10(3)7-15/h8-10H,5-7,14H2,1-4H3,(H2,13,16). The van der Waals surface area contributed by atoms with Crippen LogP contribution < -0.4 is 11.5 Å². The number of ether oxygens (including phenoxy) is 1. The molecule has 0 aliphatic carbocycles. The van der Waals surface area contributed by atoms with Crippen LogP contribution in [0.1, 0.15) is 34.1 Å². The predicted octanol–water partition coefficient (Wildman–Crippen LogP) is 0.0769. The molecule has 0 aromatic rings.